The van der Waals surface area contributed by atoms with Crippen LogP contribution in [0, 0.1) is 12.8 Å². The topological polar surface area (TPSA) is 64.9 Å². The number of rotatable bonds is 2. The summed E-state index contributed by atoms with van der Waals surface area (Å²) in [6.07, 6.45) is 4.24. The largest absolute Gasteiger partial charge is 0.383 e. The predicted octanol–water partition coefficient (Wildman–Crippen LogP) is 1.38. The molecule has 0 saturated heterocycles. The number of nitrogens with zero attached hydrogens (tertiary/aromatic N) is 1. The molecule has 1 aromatic heterocycles. The number of hydrogen-bond acceptors (Lipinski definition) is 3. The van der Waals surface area contributed by atoms with E-state index in [0.717, 1.165) is 11.1 Å². The minimum Gasteiger partial charge on any atom is -0.383 e. The van der Waals surface area contributed by atoms with Gasteiger partial charge in [0.05, 0.1) is 0 Å². The molecular formula is C10H15N3. The van der Waals surface area contributed by atoms with Crippen molar-refractivity contribution in [1.82, 2.24) is 4.98 Å². The quantitative estimate of drug-likeness (QED) is 0.717. The van der Waals surface area contributed by atoms with E-state index in [9.17, 15) is 0 Å². The Hall–Kier alpha value is -1.09. The first-order valence-corrected chi connectivity index (χ1v) is 4.66. The average Bonchev–Trinajstić information content (AvgIpc) is 2.91. The minimum atomic E-state index is 0.0902. The van der Waals surface area contributed by atoms with Gasteiger partial charge >= 0.3 is 0 Å². The molecule has 1 aromatic rings. The highest BCUT2D eigenvalue weighted by molar-refractivity contribution is 5.43. The second kappa shape index (κ2) is 3.00. The molecule has 0 aromatic carbocycles. The van der Waals surface area contributed by atoms with Gasteiger partial charge in [-0.25, -0.2) is 4.98 Å². The monoisotopic (exact) mass is 177 g/mol. The molecule has 3 nitrogen and oxygen atoms in total. The Morgan fingerprint density at radius 3 is 2.85 bits per heavy atom. The van der Waals surface area contributed by atoms with Gasteiger partial charge in [0.1, 0.15) is 5.82 Å². The van der Waals surface area contributed by atoms with Gasteiger partial charge in [0.15, 0.2) is 0 Å². The lowest BCUT2D eigenvalue weighted by atomic mass is 10.0. The van der Waals surface area contributed by atoms with E-state index in [-0.39, 0.29) is 6.04 Å². The second-order valence-corrected chi connectivity index (χ2v) is 3.85. The molecule has 0 aliphatic heterocycles. The molecule has 1 aliphatic rings. The zero-order chi connectivity index (χ0) is 9.42. The second-order valence-electron chi connectivity index (χ2n) is 3.85. The molecule has 70 valence electrons. The van der Waals surface area contributed by atoms with Crippen molar-refractivity contribution in [3.05, 3.63) is 23.4 Å². The summed E-state index contributed by atoms with van der Waals surface area (Å²) < 4.78 is 0. The van der Waals surface area contributed by atoms with Crippen LogP contribution >= 0.6 is 0 Å². The Balaban J connectivity index is 2.31. The summed E-state index contributed by atoms with van der Waals surface area (Å²) in [5.41, 5.74) is 14.0. The zero-order valence-electron chi connectivity index (χ0n) is 7.83. The maximum Gasteiger partial charge on any atom is 0.128 e. The standard InChI is InChI=1S/C10H15N3/c1-6-4-8(10(12)13-5-6)9(11)7-2-3-7/h4-5,7,9H,2-3,11H2,1H3,(H2,12,13)/t9-/m1/s1. The summed E-state index contributed by atoms with van der Waals surface area (Å²) >= 11 is 0. The third-order valence-corrected chi connectivity index (χ3v) is 2.58. The van der Waals surface area contributed by atoms with E-state index in [4.69, 9.17) is 11.5 Å². The smallest absolute Gasteiger partial charge is 0.128 e. The third-order valence-electron chi connectivity index (χ3n) is 2.58. The van der Waals surface area contributed by atoms with Crippen LogP contribution in [0.1, 0.15) is 30.0 Å². The van der Waals surface area contributed by atoms with Gasteiger partial charge in [0.2, 0.25) is 0 Å². The maximum absolute atomic E-state index is 6.05. The molecule has 4 N–H and O–H groups in total. The van der Waals surface area contributed by atoms with Gasteiger partial charge in [-0.15, -0.1) is 0 Å². The molecule has 2 rings (SSSR count). The summed E-state index contributed by atoms with van der Waals surface area (Å²) in [6.45, 7) is 2.01. The molecule has 0 spiro atoms. The molecule has 1 atom stereocenters. The lowest BCUT2D eigenvalue weighted by Crippen LogP contribution is -2.15. The van der Waals surface area contributed by atoms with E-state index in [1.165, 1.54) is 12.8 Å². The van der Waals surface area contributed by atoms with Gasteiger partial charge in [-0.1, -0.05) is 0 Å². The van der Waals surface area contributed by atoms with Crippen molar-refractivity contribution in [3.63, 3.8) is 0 Å². The first-order chi connectivity index (χ1) is 6.18. The van der Waals surface area contributed by atoms with E-state index < -0.39 is 0 Å². The first kappa shape index (κ1) is 8.51. The van der Waals surface area contributed by atoms with Crippen LogP contribution in [0.2, 0.25) is 0 Å². The Bertz CT molecular complexity index is 318. The molecule has 13 heavy (non-hydrogen) atoms. The molecule has 1 saturated carbocycles. The van der Waals surface area contributed by atoms with Crippen LogP contribution in [0.5, 0.6) is 0 Å². The van der Waals surface area contributed by atoms with Crippen molar-refractivity contribution in [2.24, 2.45) is 11.7 Å². The lowest BCUT2D eigenvalue weighted by Gasteiger charge is -2.12. The fourth-order valence-corrected chi connectivity index (χ4v) is 1.58. The van der Waals surface area contributed by atoms with E-state index in [0.29, 0.717) is 11.7 Å². The van der Waals surface area contributed by atoms with Gasteiger partial charge in [-0.05, 0) is 37.3 Å². The maximum atomic E-state index is 6.05. The Morgan fingerprint density at radius 2 is 2.23 bits per heavy atom. The Kier molecular flexibility index (Phi) is 1.96. The molecule has 1 aliphatic carbocycles. The van der Waals surface area contributed by atoms with E-state index >= 15 is 0 Å². The van der Waals surface area contributed by atoms with Crippen molar-refractivity contribution in [3.8, 4) is 0 Å². The normalized spacial score (nSPS) is 18.6. The van der Waals surface area contributed by atoms with Gasteiger partial charge in [-0.2, -0.15) is 0 Å². The van der Waals surface area contributed by atoms with Crippen molar-refractivity contribution in [2.45, 2.75) is 25.8 Å². The van der Waals surface area contributed by atoms with Crippen molar-refractivity contribution in [1.29, 1.82) is 0 Å². The molecule has 1 heterocycles. The van der Waals surface area contributed by atoms with E-state index in [1.807, 2.05) is 13.0 Å². The van der Waals surface area contributed by atoms with Crippen molar-refractivity contribution < 1.29 is 0 Å². The van der Waals surface area contributed by atoms with E-state index in [1.54, 1.807) is 6.20 Å². The van der Waals surface area contributed by atoms with Crippen molar-refractivity contribution >= 4 is 5.82 Å². The average molecular weight is 177 g/mol. The number of hydrogen-bond donors (Lipinski definition) is 2. The summed E-state index contributed by atoms with van der Waals surface area (Å²) in [4.78, 5) is 4.11. The zero-order valence-corrected chi connectivity index (χ0v) is 7.83. The van der Waals surface area contributed by atoms with Crippen LogP contribution in [0.4, 0.5) is 5.82 Å². The van der Waals surface area contributed by atoms with Gasteiger partial charge in [-0.3, -0.25) is 0 Å². The minimum absolute atomic E-state index is 0.0902. The highest BCUT2D eigenvalue weighted by Crippen LogP contribution is 2.40. The number of anilines is 1. The lowest BCUT2D eigenvalue weighted by molar-refractivity contribution is 0.633. The van der Waals surface area contributed by atoms with Crippen LogP contribution < -0.4 is 11.5 Å². The van der Waals surface area contributed by atoms with Gasteiger partial charge in [0, 0.05) is 17.8 Å². The Morgan fingerprint density at radius 1 is 1.54 bits per heavy atom. The van der Waals surface area contributed by atoms with Crippen LogP contribution in [-0.4, -0.2) is 4.98 Å². The number of nitrogen functional groups attached to an aromatic ring is 1. The summed E-state index contributed by atoms with van der Waals surface area (Å²) in [6, 6.07) is 2.14. The SMILES string of the molecule is Cc1cnc(N)c([C@H](N)C2CC2)c1. The van der Waals surface area contributed by atoms with Crippen LogP contribution in [-0.2, 0) is 0 Å². The summed E-state index contributed by atoms with van der Waals surface area (Å²) in [5.74, 6) is 1.22. The first-order valence-electron chi connectivity index (χ1n) is 4.66. The van der Waals surface area contributed by atoms with Gasteiger partial charge in [0.25, 0.3) is 0 Å². The highest BCUT2D eigenvalue weighted by atomic mass is 14.8. The summed E-state index contributed by atoms with van der Waals surface area (Å²) in [7, 11) is 0. The molecule has 0 bridgehead atoms. The molecule has 0 unspecified atom stereocenters. The van der Waals surface area contributed by atoms with Crippen molar-refractivity contribution in [2.75, 3.05) is 5.73 Å². The van der Waals surface area contributed by atoms with E-state index in [2.05, 4.69) is 4.98 Å². The fourth-order valence-electron chi connectivity index (χ4n) is 1.58. The van der Waals surface area contributed by atoms with Crippen LogP contribution in [0.3, 0.4) is 0 Å². The highest BCUT2D eigenvalue weighted by Gasteiger charge is 2.30. The van der Waals surface area contributed by atoms with Crippen LogP contribution in [0.25, 0.3) is 0 Å². The van der Waals surface area contributed by atoms with Crippen LogP contribution in [0.15, 0.2) is 12.3 Å². The Labute approximate surface area is 78.1 Å². The summed E-state index contributed by atoms with van der Waals surface area (Å²) in [5, 5.41) is 0. The predicted molar refractivity (Wildman–Crippen MR) is 53.0 cm³/mol. The molecule has 0 radical (unpaired) electrons. The third kappa shape index (κ3) is 1.65. The van der Waals surface area contributed by atoms with Gasteiger partial charge < -0.3 is 11.5 Å². The molecule has 1 fully saturated rings. The molecular weight excluding hydrogens is 162 g/mol. The molecule has 0 amide bonds. The fraction of sp³-hybridized carbons (Fsp3) is 0.500. The number of pyridine rings is 1. The number of aryl methyl sites for hydroxylation is 1. The number of nitrogens with two attached hydrogens (primary N) is 2. The number of aromatic nitrogens is 1. The molecule has 3 heteroatoms.